The van der Waals surface area contributed by atoms with Crippen molar-refractivity contribution in [1.82, 2.24) is 5.32 Å². The van der Waals surface area contributed by atoms with Gasteiger partial charge in [0.25, 0.3) is 0 Å². The Kier molecular flexibility index (Phi) is 8.26. The summed E-state index contributed by atoms with van der Waals surface area (Å²) in [6.45, 7) is 4.04. The minimum absolute atomic E-state index is 0.0250. The van der Waals surface area contributed by atoms with Crippen LogP contribution in [-0.2, 0) is 16.0 Å². The van der Waals surface area contributed by atoms with Gasteiger partial charge in [0.2, 0.25) is 5.91 Å². The predicted molar refractivity (Wildman–Crippen MR) is 87.6 cm³/mol. The molecule has 122 valence electrons. The molecule has 0 aliphatic carbocycles. The second-order valence-electron chi connectivity index (χ2n) is 5.87. The fourth-order valence-corrected chi connectivity index (χ4v) is 2.41. The first-order valence-corrected chi connectivity index (χ1v) is 8.09. The largest absolute Gasteiger partial charge is 0.481 e. The van der Waals surface area contributed by atoms with Crippen LogP contribution in [0.5, 0.6) is 0 Å². The molecule has 2 unspecified atom stereocenters. The number of carboxylic acid groups (broad SMARTS) is 1. The number of unbranched alkanes of at least 4 members (excludes halogenated alkanes) is 1. The number of nitrogens with one attached hydrogen (secondary N) is 1. The average Bonchev–Trinajstić information content (AvgIpc) is 2.51. The van der Waals surface area contributed by atoms with Gasteiger partial charge in [-0.2, -0.15) is 0 Å². The van der Waals surface area contributed by atoms with Crippen LogP contribution < -0.4 is 5.32 Å². The lowest BCUT2D eigenvalue weighted by Gasteiger charge is -2.21. The zero-order chi connectivity index (χ0) is 16.4. The Balaban J connectivity index is 2.60. The highest BCUT2D eigenvalue weighted by Gasteiger charge is 2.18. The van der Waals surface area contributed by atoms with Crippen LogP contribution in [0.3, 0.4) is 0 Å². The van der Waals surface area contributed by atoms with Gasteiger partial charge in [-0.3, -0.25) is 9.59 Å². The van der Waals surface area contributed by atoms with Gasteiger partial charge in [-0.15, -0.1) is 0 Å². The van der Waals surface area contributed by atoms with Crippen molar-refractivity contribution in [3.8, 4) is 0 Å². The Labute approximate surface area is 132 Å². The van der Waals surface area contributed by atoms with Crippen molar-refractivity contribution >= 4 is 11.9 Å². The van der Waals surface area contributed by atoms with E-state index in [-0.39, 0.29) is 24.3 Å². The first-order chi connectivity index (χ1) is 10.5. The van der Waals surface area contributed by atoms with Crippen LogP contribution in [0.25, 0.3) is 0 Å². The molecule has 2 atom stereocenters. The highest BCUT2D eigenvalue weighted by Crippen LogP contribution is 2.12. The molecule has 1 amide bonds. The van der Waals surface area contributed by atoms with Crippen LogP contribution in [0.2, 0.25) is 0 Å². The average molecular weight is 305 g/mol. The molecule has 4 heteroatoms. The second-order valence-corrected chi connectivity index (χ2v) is 5.87. The SMILES string of the molecule is CCCCC(C)C(=O)NC(CCC(=O)O)Cc1ccccc1. The zero-order valence-corrected chi connectivity index (χ0v) is 13.5. The van der Waals surface area contributed by atoms with E-state index in [1.165, 1.54) is 0 Å². The van der Waals surface area contributed by atoms with Gasteiger partial charge >= 0.3 is 5.97 Å². The van der Waals surface area contributed by atoms with E-state index in [1.54, 1.807) is 0 Å². The summed E-state index contributed by atoms with van der Waals surface area (Å²) < 4.78 is 0. The maximum atomic E-state index is 12.2. The Morgan fingerprint density at radius 1 is 1.18 bits per heavy atom. The molecule has 0 spiro atoms. The van der Waals surface area contributed by atoms with Crippen molar-refractivity contribution in [1.29, 1.82) is 0 Å². The molecule has 1 rings (SSSR count). The van der Waals surface area contributed by atoms with Crippen molar-refractivity contribution in [2.45, 2.75) is 58.4 Å². The van der Waals surface area contributed by atoms with E-state index in [4.69, 9.17) is 5.11 Å². The summed E-state index contributed by atoms with van der Waals surface area (Å²) in [4.78, 5) is 23.0. The topological polar surface area (TPSA) is 66.4 Å². The quantitative estimate of drug-likeness (QED) is 0.696. The first kappa shape index (κ1) is 18.2. The number of amides is 1. The normalized spacial score (nSPS) is 13.4. The van der Waals surface area contributed by atoms with E-state index in [1.807, 2.05) is 37.3 Å². The van der Waals surface area contributed by atoms with Gasteiger partial charge in [-0.05, 0) is 24.8 Å². The molecule has 0 bridgehead atoms. The number of carbonyl (C=O) groups is 2. The third-order valence-electron chi connectivity index (χ3n) is 3.82. The summed E-state index contributed by atoms with van der Waals surface area (Å²) in [5.41, 5.74) is 1.11. The number of carbonyl (C=O) groups excluding carboxylic acids is 1. The molecule has 22 heavy (non-hydrogen) atoms. The van der Waals surface area contributed by atoms with Crippen molar-refractivity contribution in [2.75, 3.05) is 0 Å². The fourth-order valence-electron chi connectivity index (χ4n) is 2.41. The maximum Gasteiger partial charge on any atom is 0.303 e. The molecule has 0 radical (unpaired) electrons. The Hall–Kier alpha value is -1.84. The minimum Gasteiger partial charge on any atom is -0.481 e. The number of aliphatic carboxylic acids is 1. The van der Waals surface area contributed by atoms with E-state index in [0.29, 0.717) is 12.8 Å². The molecule has 4 nitrogen and oxygen atoms in total. The third kappa shape index (κ3) is 7.25. The highest BCUT2D eigenvalue weighted by atomic mass is 16.4. The predicted octanol–water partition coefficient (Wildman–Crippen LogP) is 3.41. The van der Waals surface area contributed by atoms with Gasteiger partial charge in [0, 0.05) is 18.4 Å². The van der Waals surface area contributed by atoms with Crippen molar-refractivity contribution in [2.24, 2.45) is 5.92 Å². The van der Waals surface area contributed by atoms with Gasteiger partial charge in [0.05, 0.1) is 0 Å². The van der Waals surface area contributed by atoms with E-state index in [0.717, 1.165) is 24.8 Å². The van der Waals surface area contributed by atoms with Gasteiger partial charge in [-0.1, -0.05) is 57.0 Å². The van der Waals surface area contributed by atoms with Gasteiger partial charge in [-0.25, -0.2) is 0 Å². The Bertz CT molecular complexity index is 459. The van der Waals surface area contributed by atoms with Crippen molar-refractivity contribution in [3.63, 3.8) is 0 Å². The van der Waals surface area contributed by atoms with Crippen molar-refractivity contribution in [3.05, 3.63) is 35.9 Å². The van der Waals surface area contributed by atoms with Crippen LogP contribution in [-0.4, -0.2) is 23.0 Å². The lowest BCUT2D eigenvalue weighted by Crippen LogP contribution is -2.39. The molecular weight excluding hydrogens is 278 g/mol. The second kappa shape index (κ2) is 9.98. The van der Waals surface area contributed by atoms with Gasteiger partial charge in [0.1, 0.15) is 0 Å². The number of rotatable bonds is 10. The first-order valence-electron chi connectivity index (χ1n) is 8.09. The van der Waals surface area contributed by atoms with E-state index >= 15 is 0 Å². The molecule has 1 aromatic carbocycles. The summed E-state index contributed by atoms with van der Waals surface area (Å²) >= 11 is 0. The Morgan fingerprint density at radius 2 is 1.86 bits per heavy atom. The van der Waals surface area contributed by atoms with Crippen LogP contribution in [0.1, 0.15) is 51.5 Å². The van der Waals surface area contributed by atoms with E-state index < -0.39 is 5.97 Å². The van der Waals surface area contributed by atoms with Crippen LogP contribution in [0.4, 0.5) is 0 Å². The monoisotopic (exact) mass is 305 g/mol. The van der Waals surface area contributed by atoms with Crippen molar-refractivity contribution < 1.29 is 14.7 Å². The molecule has 2 N–H and O–H groups in total. The summed E-state index contributed by atoms with van der Waals surface area (Å²) in [5, 5.41) is 11.9. The number of hydrogen-bond donors (Lipinski definition) is 2. The minimum atomic E-state index is -0.827. The lowest BCUT2D eigenvalue weighted by atomic mass is 9.99. The zero-order valence-electron chi connectivity index (χ0n) is 13.5. The fraction of sp³-hybridized carbons (Fsp3) is 0.556. The maximum absolute atomic E-state index is 12.2. The molecule has 0 fully saturated rings. The molecule has 0 aliphatic heterocycles. The summed E-state index contributed by atoms with van der Waals surface area (Å²) in [6.07, 6.45) is 4.18. The van der Waals surface area contributed by atoms with Gasteiger partial charge in [0.15, 0.2) is 0 Å². The number of hydrogen-bond acceptors (Lipinski definition) is 2. The third-order valence-corrected chi connectivity index (χ3v) is 3.82. The number of benzene rings is 1. The summed E-state index contributed by atoms with van der Waals surface area (Å²) in [6, 6.07) is 9.72. The lowest BCUT2D eigenvalue weighted by molar-refractivity contribution is -0.137. The van der Waals surface area contributed by atoms with Gasteiger partial charge < -0.3 is 10.4 Å². The molecule has 0 saturated carbocycles. The van der Waals surface area contributed by atoms with Crippen LogP contribution >= 0.6 is 0 Å². The van der Waals surface area contributed by atoms with E-state index in [2.05, 4.69) is 12.2 Å². The Morgan fingerprint density at radius 3 is 2.45 bits per heavy atom. The molecule has 0 aromatic heterocycles. The summed E-state index contributed by atoms with van der Waals surface area (Å²) in [5.74, 6) is -0.825. The van der Waals surface area contributed by atoms with Crippen LogP contribution in [0.15, 0.2) is 30.3 Å². The molecule has 1 aromatic rings. The van der Waals surface area contributed by atoms with Crippen LogP contribution in [0, 0.1) is 5.92 Å². The van der Waals surface area contributed by atoms with E-state index in [9.17, 15) is 9.59 Å². The molecule has 0 saturated heterocycles. The highest BCUT2D eigenvalue weighted by molar-refractivity contribution is 5.78. The standard InChI is InChI=1S/C18H27NO3/c1-3-4-8-14(2)18(22)19-16(11-12-17(20)21)13-15-9-6-5-7-10-15/h5-7,9-10,14,16H,3-4,8,11-13H2,1-2H3,(H,19,22)(H,20,21). The molecule has 0 heterocycles. The smallest absolute Gasteiger partial charge is 0.303 e. The molecule has 0 aliphatic rings. The number of carboxylic acids is 1. The summed E-state index contributed by atoms with van der Waals surface area (Å²) in [7, 11) is 0. The molecular formula is C18H27NO3.